The van der Waals surface area contributed by atoms with Crippen LogP contribution in [0.15, 0.2) is 22.9 Å². The van der Waals surface area contributed by atoms with Gasteiger partial charge in [-0.3, -0.25) is 4.98 Å². The number of thioether (sulfide) groups is 1. The average Bonchev–Trinajstić information content (AvgIpc) is 2.84. The van der Waals surface area contributed by atoms with E-state index in [4.69, 9.17) is 10.3 Å². The maximum absolute atomic E-state index is 5.53. The molecule has 19 heavy (non-hydrogen) atoms. The van der Waals surface area contributed by atoms with E-state index in [-0.39, 0.29) is 4.75 Å². The van der Waals surface area contributed by atoms with Crippen molar-refractivity contribution >= 4 is 11.8 Å². The lowest BCUT2D eigenvalue weighted by Crippen LogP contribution is -2.07. The fourth-order valence-electron chi connectivity index (χ4n) is 1.37. The van der Waals surface area contributed by atoms with Gasteiger partial charge in [-0.05, 0) is 11.6 Å². The second kappa shape index (κ2) is 5.71. The average molecular weight is 278 g/mol. The third-order valence-electron chi connectivity index (χ3n) is 2.38. The Labute approximate surface area is 117 Å². The summed E-state index contributed by atoms with van der Waals surface area (Å²) >= 11 is 1.78. The molecule has 2 aromatic heterocycles. The first-order valence-corrected chi connectivity index (χ1v) is 7.08. The molecule has 0 unspecified atom stereocenters. The fourth-order valence-corrected chi connectivity index (χ4v) is 2.05. The standard InChI is InChI=1S/C13H18N4OS/c1-13(2,3)19-8-11-16-12(18-17-11)10-5-4-9(6-14)7-15-10/h4-5,7H,6,8,14H2,1-3H3. The van der Waals surface area contributed by atoms with Crippen molar-refractivity contribution in [3.05, 3.63) is 29.7 Å². The molecule has 0 aliphatic carbocycles. The molecule has 2 heterocycles. The molecular formula is C13H18N4OS. The third kappa shape index (κ3) is 4.04. The molecule has 0 aromatic carbocycles. The van der Waals surface area contributed by atoms with Crippen molar-refractivity contribution in [3.63, 3.8) is 0 Å². The molecule has 6 heteroatoms. The number of aromatic nitrogens is 3. The lowest BCUT2D eigenvalue weighted by atomic mass is 10.2. The highest BCUT2D eigenvalue weighted by Crippen LogP contribution is 2.26. The molecule has 0 saturated heterocycles. The van der Waals surface area contributed by atoms with E-state index in [1.807, 2.05) is 12.1 Å². The Morgan fingerprint density at radius 3 is 2.68 bits per heavy atom. The zero-order valence-electron chi connectivity index (χ0n) is 11.4. The molecule has 5 nitrogen and oxygen atoms in total. The summed E-state index contributed by atoms with van der Waals surface area (Å²) in [5.41, 5.74) is 7.18. The summed E-state index contributed by atoms with van der Waals surface area (Å²) in [5.74, 6) is 1.88. The van der Waals surface area contributed by atoms with E-state index >= 15 is 0 Å². The monoisotopic (exact) mass is 278 g/mol. The van der Waals surface area contributed by atoms with Gasteiger partial charge in [0.25, 0.3) is 5.89 Å². The molecule has 102 valence electrons. The third-order valence-corrected chi connectivity index (χ3v) is 3.65. The van der Waals surface area contributed by atoms with Crippen molar-refractivity contribution in [2.45, 2.75) is 37.8 Å². The van der Waals surface area contributed by atoms with E-state index in [0.717, 1.165) is 11.3 Å². The summed E-state index contributed by atoms with van der Waals surface area (Å²) in [6.07, 6.45) is 1.73. The van der Waals surface area contributed by atoms with Crippen LogP contribution in [0.1, 0.15) is 32.2 Å². The Bertz CT molecular complexity index is 530. The number of pyridine rings is 1. The second-order valence-electron chi connectivity index (χ2n) is 5.17. The number of nitrogens with zero attached hydrogens (tertiary/aromatic N) is 3. The summed E-state index contributed by atoms with van der Waals surface area (Å²) in [5, 5.41) is 3.97. The van der Waals surface area contributed by atoms with Crippen molar-refractivity contribution in [2.24, 2.45) is 5.73 Å². The fraction of sp³-hybridized carbons (Fsp3) is 0.462. The van der Waals surface area contributed by atoms with Gasteiger partial charge in [-0.2, -0.15) is 4.98 Å². The van der Waals surface area contributed by atoms with Gasteiger partial charge in [0.1, 0.15) is 5.69 Å². The highest BCUT2D eigenvalue weighted by atomic mass is 32.2. The molecule has 0 atom stereocenters. The molecule has 0 aliphatic rings. The quantitative estimate of drug-likeness (QED) is 0.926. The summed E-state index contributed by atoms with van der Waals surface area (Å²) in [4.78, 5) is 8.61. The van der Waals surface area contributed by atoms with Crippen LogP contribution in [0.5, 0.6) is 0 Å². The van der Waals surface area contributed by atoms with Crippen LogP contribution >= 0.6 is 11.8 Å². The van der Waals surface area contributed by atoms with E-state index in [1.54, 1.807) is 18.0 Å². The first-order chi connectivity index (χ1) is 8.98. The summed E-state index contributed by atoms with van der Waals surface area (Å²) in [6.45, 7) is 6.95. The SMILES string of the molecule is CC(C)(C)SCc1noc(-c2ccc(CN)cn2)n1. The van der Waals surface area contributed by atoms with Crippen LogP contribution in [0.4, 0.5) is 0 Å². The Balaban J connectivity index is 2.07. The largest absolute Gasteiger partial charge is 0.332 e. The van der Waals surface area contributed by atoms with E-state index in [9.17, 15) is 0 Å². The van der Waals surface area contributed by atoms with Crippen LogP contribution in [0, 0.1) is 0 Å². The molecular weight excluding hydrogens is 260 g/mol. The summed E-state index contributed by atoms with van der Waals surface area (Å²) in [6, 6.07) is 3.76. The van der Waals surface area contributed by atoms with Crippen LogP contribution < -0.4 is 5.73 Å². The number of nitrogens with two attached hydrogens (primary N) is 1. The lowest BCUT2D eigenvalue weighted by molar-refractivity contribution is 0.424. The number of hydrogen-bond acceptors (Lipinski definition) is 6. The Kier molecular flexibility index (Phi) is 4.21. The minimum atomic E-state index is 0.182. The summed E-state index contributed by atoms with van der Waals surface area (Å²) < 4.78 is 5.40. The van der Waals surface area contributed by atoms with Crippen molar-refractivity contribution < 1.29 is 4.52 Å². The van der Waals surface area contributed by atoms with Gasteiger partial charge < -0.3 is 10.3 Å². The minimum absolute atomic E-state index is 0.182. The normalized spacial score (nSPS) is 11.8. The predicted octanol–water partition coefficient (Wildman–Crippen LogP) is 2.62. The smallest absolute Gasteiger partial charge is 0.276 e. The van der Waals surface area contributed by atoms with Crippen molar-refractivity contribution in [3.8, 4) is 11.6 Å². The lowest BCUT2D eigenvalue weighted by Gasteiger charge is -2.15. The first-order valence-electron chi connectivity index (χ1n) is 6.10. The van der Waals surface area contributed by atoms with Crippen LogP contribution in [0.25, 0.3) is 11.6 Å². The van der Waals surface area contributed by atoms with Gasteiger partial charge in [-0.1, -0.05) is 32.0 Å². The maximum atomic E-state index is 5.53. The first kappa shape index (κ1) is 14.0. The molecule has 2 aromatic rings. The van der Waals surface area contributed by atoms with Gasteiger partial charge >= 0.3 is 0 Å². The van der Waals surface area contributed by atoms with Gasteiger partial charge in [-0.15, -0.1) is 11.8 Å². The molecule has 0 spiro atoms. The van der Waals surface area contributed by atoms with Gasteiger partial charge in [-0.25, -0.2) is 0 Å². The zero-order valence-corrected chi connectivity index (χ0v) is 12.2. The molecule has 2 N–H and O–H groups in total. The zero-order chi connectivity index (χ0) is 13.9. The highest BCUT2D eigenvalue weighted by Gasteiger charge is 2.15. The molecule has 0 fully saturated rings. The number of hydrogen-bond donors (Lipinski definition) is 1. The van der Waals surface area contributed by atoms with E-state index in [2.05, 4.69) is 35.9 Å². The van der Waals surface area contributed by atoms with Gasteiger partial charge in [0.2, 0.25) is 0 Å². The van der Waals surface area contributed by atoms with E-state index in [0.29, 0.717) is 24.0 Å². The van der Waals surface area contributed by atoms with Crippen molar-refractivity contribution in [1.82, 2.24) is 15.1 Å². The van der Waals surface area contributed by atoms with Crippen LogP contribution in [-0.4, -0.2) is 19.9 Å². The van der Waals surface area contributed by atoms with Gasteiger partial charge in [0.15, 0.2) is 5.82 Å². The Hall–Kier alpha value is -1.40. The van der Waals surface area contributed by atoms with Gasteiger partial charge in [0, 0.05) is 17.5 Å². The predicted molar refractivity (Wildman–Crippen MR) is 76.5 cm³/mol. The van der Waals surface area contributed by atoms with E-state index in [1.165, 1.54) is 0 Å². The topological polar surface area (TPSA) is 77.8 Å². The molecule has 2 rings (SSSR count). The van der Waals surface area contributed by atoms with Crippen LogP contribution in [-0.2, 0) is 12.3 Å². The summed E-state index contributed by atoms with van der Waals surface area (Å²) in [7, 11) is 0. The minimum Gasteiger partial charge on any atom is -0.332 e. The molecule has 0 saturated carbocycles. The van der Waals surface area contributed by atoms with E-state index < -0.39 is 0 Å². The Morgan fingerprint density at radius 1 is 1.32 bits per heavy atom. The number of rotatable bonds is 4. The molecule has 0 amide bonds. The Morgan fingerprint density at radius 2 is 2.11 bits per heavy atom. The molecule has 0 bridgehead atoms. The van der Waals surface area contributed by atoms with Crippen LogP contribution in [0.3, 0.4) is 0 Å². The molecule has 0 aliphatic heterocycles. The van der Waals surface area contributed by atoms with Crippen LogP contribution in [0.2, 0.25) is 0 Å². The highest BCUT2D eigenvalue weighted by molar-refractivity contribution is 7.99. The maximum Gasteiger partial charge on any atom is 0.276 e. The molecule has 0 radical (unpaired) electrons. The van der Waals surface area contributed by atoms with Crippen molar-refractivity contribution in [2.75, 3.05) is 0 Å². The second-order valence-corrected chi connectivity index (χ2v) is 6.97. The van der Waals surface area contributed by atoms with Gasteiger partial charge in [0.05, 0.1) is 5.75 Å². The van der Waals surface area contributed by atoms with Crippen molar-refractivity contribution in [1.29, 1.82) is 0 Å².